The Balaban J connectivity index is 1.64. The van der Waals surface area contributed by atoms with Crippen LogP contribution in [0.15, 0.2) is 24.3 Å². The number of ether oxygens (including phenoxy) is 1. The minimum Gasteiger partial charge on any atom is -0.507 e. The van der Waals surface area contributed by atoms with Crippen molar-refractivity contribution in [1.29, 1.82) is 0 Å². The summed E-state index contributed by atoms with van der Waals surface area (Å²) in [6.45, 7) is 8.75. The van der Waals surface area contributed by atoms with Gasteiger partial charge in [0.1, 0.15) is 11.5 Å². The van der Waals surface area contributed by atoms with E-state index in [-0.39, 0.29) is 28.9 Å². The number of carbonyl (C=O) groups excluding carboxylic acids is 1. The van der Waals surface area contributed by atoms with Crippen molar-refractivity contribution in [3.63, 3.8) is 0 Å². The Bertz CT molecular complexity index is 1100. The van der Waals surface area contributed by atoms with Gasteiger partial charge in [-0.05, 0) is 73.7 Å². The Hall–Kier alpha value is -1.75. The van der Waals surface area contributed by atoms with Crippen LogP contribution in [0.2, 0.25) is 10.0 Å². The summed E-state index contributed by atoms with van der Waals surface area (Å²) < 4.78 is 5.63. The van der Waals surface area contributed by atoms with Crippen LogP contribution in [-0.4, -0.2) is 41.5 Å². The summed E-state index contributed by atoms with van der Waals surface area (Å²) in [4.78, 5) is 16.2. The molecule has 1 heterocycles. The summed E-state index contributed by atoms with van der Waals surface area (Å²) in [5, 5.41) is 11.7. The van der Waals surface area contributed by atoms with E-state index in [0.717, 1.165) is 31.0 Å². The largest absolute Gasteiger partial charge is 0.507 e. The van der Waals surface area contributed by atoms with E-state index in [0.29, 0.717) is 39.1 Å². The molecule has 0 amide bonds. The third-order valence-corrected chi connectivity index (χ3v) is 8.67. The molecule has 32 heavy (non-hydrogen) atoms. The van der Waals surface area contributed by atoms with Crippen LogP contribution in [0.4, 0.5) is 0 Å². The lowest BCUT2D eigenvalue weighted by Crippen LogP contribution is -2.61. The molecule has 1 aliphatic heterocycles. The van der Waals surface area contributed by atoms with Gasteiger partial charge in [0.05, 0.1) is 22.7 Å². The number of likely N-dealkylation sites (tertiary alicyclic amines) is 1. The first-order valence-corrected chi connectivity index (χ1v) is 12.3. The molecule has 1 saturated heterocycles. The van der Waals surface area contributed by atoms with Gasteiger partial charge in [-0.25, -0.2) is 0 Å². The standard InChI is InChI=1S/C26H29Cl2NO3/c1-4-32-16-9-18(23(28)21(27)10-16)17-11-19-20(12-22(17)30)26(3)7-8-29(13-15-5-6-15)24(14(26)2)25(19)31/h9-12,14-15,24,30H,4-8,13H2,1-3H3/t14-,24-,26+/m0/s1. The molecule has 2 fully saturated rings. The van der Waals surface area contributed by atoms with Gasteiger partial charge in [0.2, 0.25) is 0 Å². The molecule has 1 N–H and O–H groups in total. The molecule has 4 nitrogen and oxygen atoms in total. The average molecular weight is 474 g/mol. The number of hydrogen-bond acceptors (Lipinski definition) is 4. The summed E-state index contributed by atoms with van der Waals surface area (Å²) in [6, 6.07) is 6.92. The van der Waals surface area contributed by atoms with E-state index in [2.05, 4.69) is 18.7 Å². The molecule has 3 atom stereocenters. The van der Waals surface area contributed by atoms with E-state index in [1.807, 2.05) is 13.0 Å². The third-order valence-electron chi connectivity index (χ3n) is 7.87. The zero-order chi connectivity index (χ0) is 22.8. The van der Waals surface area contributed by atoms with Crippen molar-refractivity contribution in [3.05, 3.63) is 45.4 Å². The molecule has 170 valence electrons. The molecule has 2 bridgehead atoms. The molecule has 2 aliphatic carbocycles. The van der Waals surface area contributed by atoms with E-state index in [1.165, 1.54) is 12.8 Å². The Morgan fingerprint density at radius 2 is 1.91 bits per heavy atom. The number of fused-ring (bicyclic) bond motifs is 4. The number of piperidine rings is 1. The van der Waals surface area contributed by atoms with E-state index >= 15 is 0 Å². The number of rotatable bonds is 5. The van der Waals surface area contributed by atoms with Gasteiger partial charge in [0, 0.05) is 29.3 Å². The summed E-state index contributed by atoms with van der Waals surface area (Å²) in [7, 11) is 0. The van der Waals surface area contributed by atoms with Crippen LogP contribution in [0.3, 0.4) is 0 Å². The first kappa shape index (κ1) is 22.1. The molecule has 3 aliphatic rings. The first-order valence-electron chi connectivity index (χ1n) is 11.5. The highest BCUT2D eigenvalue weighted by Crippen LogP contribution is 2.52. The fraction of sp³-hybridized carbons (Fsp3) is 0.500. The zero-order valence-electron chi connectivity index (χ0n) is 18.8. The maximum Gasteiger partial charge on any atom is 0.180 e. The fourth-order valence-corrected chi connectivity index (χ4v) is 6.09. The molecule has 0 aromatic heterocycles. The normalized spacial score (nSPS) is 27.3. The van der Waals surface area contributed by atoms with E-state index in [4.69, 9.17) is 27.9 Å². The zero-order valence-corrected chi connectivity index (χ0v) is 20.3. The Morgan fingerprint density at radius 1 is 1.16 bits per heavy atom. The number of nitrogens with zero attached hydrogens (tertiary/aromatic N) is 1. The highest BCUT2D eigenvalue weighted by Gasteiger charge is 2.53. The summed E-state index contributed by atoms with van der Waals surface area (Å²) in [6.07, 6.45) is 3.52. The van der Waals surface area contributed by atoms with Crippen LogP contribution in [-0.2, 0) is 5.41 Å². The van der Waals surface area contributed by atoms with Crippen LogP contribution < -0.4 is 4.74 Å². The number of Topliss-reactive ketones (excluding diaryl/α,β-unsaturated/α-hetero) is 1. The topological polar surface area (TPSA) is 49.8 Å². The smallest absolute Gasteiger partial charge is 0.180 e. The monoisotopic (exact) mass is 473 g/mol. The van der Waals surface area contributed by atoms with Crippen LogP contribution in [0.1, 0.15) is 56.0 Å². The SMILES string of the molecule is CCOc1cc(Cl)c(Cl)c(-c2cc3c(cc2O)[C@]2(C)CCN(CC4CC4)[C@H](C3=O)[C@@H]2C)c1. The summed E-state index contributed by atoms with van der Waals surface area (Å²) in [5.41, 5.74) is 2.56. The lowest BCUT2D eigenvalue weighted by Gasteiger charge is -2.53. The Morgan fingerprint density at radius 3 is 2.59 bits per heavy atom. The van der Waals surface area contributed by atoms with Gasteiger partial charge in [-0.15, -0.1) is 0 Å². The van der Waals surface area contributed by atoms with Crippen LogP contribution in [0, 0.1) is 11.8 Å². The second-order valence-corrected chi connectivity index (χ2v) is 10.6. The highest BCUT2D eigenvalue weighted by atomic mass is 35.5. The van der Waals surface area contributed by atoms with Crippen LogP contribution in [0.25, 0.3) is 11.1 Å². The molecule has 2 aromatic rings. The molecule has 5 rings (SSSR count). The molecule has 0 unspecified atom stereocenters. The molecule has 2 aromatic carbocycles. The number of carbonyl (C=O) groups is 1. The van der Waals surface area contributed by atoms with Gasteiger partial charge >= 0.3 is 0 Å². The summed E-state index contributed by atoms with van der Waals surface area (Å²) >= 11 is 12.9. The average Bonchev–Trinajstić information content (AvgIpc) is 3.57. The van der Waals surface area contributed by atoms with E-state index in [1.54, 1.807) is 18.2 Å². The van der Waals surface area contributed by atoms with Crippen molar-refractivity contribution in [1.82, 2.24) is 4.90 Å². The van der Waals surface area contributed by atoms with Gasteiger partial charge in [0.15, 0.2) is 5.78 Å². The second kappa shape index (κ2) is 7.93. The van der Waals surface area contributed by atoms with Gasteiger partial charge in [-0.2, -0.15) is 0 Å². The van der Waals surface area contributed by atoms with Crippen molar-refractivity contribution in [3.8, 4) is 22.6 Å². The number of hydrogen-bond donors (Lipinski definition) is 1. The molecular formula is C26H29Cl2NO3. The Kier molecular flexibility index (Phi) is 5.47. The second-order valence-electron chi connectivity index (χ2n) is 9.82. The number of halogens is 2. The number of ketones is 1. The predicted octanol–water partition coefficient (Wildman–Crippen LogP) is 6.34. The third kappa shape index (κ3) is 3.43. The molecule has 6 heteroatoms. The van der Waals surface area contributed by atoms with Gasteiger partial charge in [0.25, 0.3) is 0 Å². The lowest BCUT2D eigenvalue weighted by molar-refractivity contribution is 0.0265. The Labute approximate surface area is 199 Å². The number of phenols is 1. The van der Waals surface area contributed by atoms with Crippen molar-refractivity contribution >= 4 is 29.0 Å². The maximum atomic E-state index is 13.8. The fourth-order valence-electron chi connectivity index (χ4n) is 5.67. The van der Waals surface area contributed by atoms with Gasteiger partial charge < -0.3 is 9.84 Å². The maximum absolute atomic E-state index is 13.8. The minimum atomic E-state index is -0.154. The van der Waals surface area contributed by atoms with Crippen molar-refractivity contribution in [2.75, 3.05) is 19.7 Å². The molecule has 1 saturated carbocycles. The lowest BCUT2D eigenvalue weighted by atomic mass is 9.58. The quantitative estimate of drug-likeness (QED) is 0.550. The van der Waals surface area contributed by atoms with Crippen LogP contribution >= 0.6 is 23.2 Å². The number of phenolic OH excluding ortho intramolecular Hbond substituents is 1. The number of benzene rings is 2. The van der Waals surface area contributed by atoms with Crippen molar-refractivity contribution in [2.24, 2.45) is 11.8 Å². The molecular weight excluding hydrogens is 445 g/mol. The molecule has 0 radical (unpaired) electrons. The minimum absolute atomic E-state index is 0.107. The number of aromatic hydroxyl groups is 1. The molecule has 0 spiro atoms. The highest BCUT2D eigenvalue weighted by molar-refractivity contribution is 6.44. The van der Waals surface area contributed by atoms with E-state index < -0.39 is 0 Å². The van der Waals surface area contributed by atoms with Gasteiger partial charge in [-0.1, -0.05) is 37.0 Å². The predicted molar refractivity (Wildman–Crippen MR) is 128 cm³/mol. The van der Waals surface area contributed by atoms with Crippen LogP contribution in [0.5, 0.6) is 11.5 Å². The van der Waals surface area contributed by atoms with E-state index in [9.17, 15) is 9.90 Å². The first-order chi connectivity index (χ1) is 15.2. The van der Waals surface area contributed by atoms with Crippen molar-refractivity contribution in [2.45, 2.75) is 51.5 Å². The van der Waals surface area contributed by atoms with Crippen molar-refractivity contribution < 1.29 is 14.6 Å². The summed E-state index contributed by atoms with van der Waals surface area (Å²) in [5.74, 6) is 1.76. The van der Waals surface area contributed by atoms with Gasteiger partial charge in [-0.3, -0.25) is 9.69 Å².